The molecule has 0 bridgehead atoms. The lowest BCUT2D eigenvalue weighted by Crippen LogP contribution is -2.37. The highest BCUT2D eigenvalue weighted by Crippen LogP contribution is 2.12. The van der Waals surface area contributed by atoms with Crippen molar-refractivity contribution in [2.24, 2.45) is 0 Å². The minimum absolute atomic E-state index is 0.0438. The Morgan fingerprint density at radius 3 is 2.43 bits per heavy atom. The van der Waals surface area contributed by atoms with Gasteiger partial charge in [0.25, 0.3) is 0 Å². The van der Waals surface area contributed by atoms with Gasteiger partial charge in [-0.05, 0) is 48.8 Å². The third-order valence-electron chi connectivity index (χ3n) is 3.26. The standard InChI is InChI=1S/C17H19FN2S/c1-13(15-7-9-16(18)10-8-15)20-17(21)19-12-11-14-5-3-2-4-6-14/h2-10,13H,11-12H2,1H3,(H2,19,20,21)/t13-/m0/s1. The van der Waals surface area contributed by atoms with E-state index in [1.807, 2.05) is 25.1 Å². The van der Waals surface area contributed by atoms with Crippen LogP contribution < -0.4 is 10.6 Å². The summed E-state index contributed by atoms with van der Waals surface area (Å²) in [6.07, 6.45) is 0.924. The van der Waals surface area contributed by atoms with Gasteiger partial charge in [-0.2, -0.15) is 0 Å². The van der Waals surface area contributed by atoms with Crippen molar-refractivity contribution in [1.82, 2.24) is 10.6 Å². The first-order valence-electron chi connectivity index (χ1n) is 6.99. The number of benzene rings is 2. The lowest BCUT2D eigenvalue weighted by molar-refractivity contribution is 0.624. The molecule has 4 heteroatoms. The zero-order valence-electron chi connectivity index (χ0n) is 12.0. The fourth-order valence-corrected chi connectivity index (χ4v) is 2.33. The molecule has 0 aliphatic rings. The van der Waals surface area contributed by atoms with Gasteiger partial charge in [0.2, 0.25) is 0 Å². The molecule has 0 spiro atoms. The van der Waals surface area contributed by atoms with Gasteiger partial charge in [-0.3, -0.25) is 0 Å². The topological polar surface area (TPSA) is 24.1 Å². The Hall–Kier alpha value is -1.94. The normalized spacial score (nSPS) is 11.7. The first-order chi connectivity index (χ1) is 10.1. The van der Waals surface area contributed by atoms with E-state index < -0.39 is 0 Å². The molecule has 1 atom stereocenters. The maximum absolute atomic E-state index is 12.9. The zero-order valence-corrected chi connectivity index (χ0v) is 12.8. The van der Waals surface area contributed by atoms with Crippen LogP contribution in [0.1, 0.15) is 24.1 Å². The minimum atomic E-state index is -0.227. The monoisotopic (exact) mass is 302 g/mol. The average Bonchev–Trinajstić information content (AvgIpc) is 2.49. The van der Waals surface area contributed by atoms with Crippen molar-refractivity contribution in [3.63, 3.8) is 0 Å². The van der Waals surface area contributed by atoms with E-state index in [9.17, 15) is 4.39 Å². The van der Waals surface area contributed by atoms with E-state index >= 15 is 0 Å². The summed E-state index contributed by atoms with van der Waals surface area (Å²) in [6.45, 7) is 2.78. The summed E-state index contributed by atoms with van der Waals surface area (Å²) in [5.41, 5.74) is 2.28. The summed E-state index contributed by atoms with van der Waals surface area (Å²) in [7, 11) is 0. The molecule has 0 saturated heterocycles. The van der Waals surface area contributed by atoms with Crippen LogP contribution in [-0.4, -0.2) is 11.7 Å². The summed E-state index contributed by atoms with van der Waals surface area (Å²) in [5.74, 6) is -0.227. The molecule has 0 fully saturated rings. The molecule has 0 saturated carbocycles. The van der Waals surface area contributed by atoms with E-state index in [0.717, 1.165) is 18.5 Å². The Balaban J connectivity index is 1.75. The molecule has 0 heterocycles. The van der Waals surface area contributed by atoms with Gasteiger partial charge in [0, 0.05) is 6.54 Å². The maximum Gasteiger partial charge on any atom is 0.166 e. The highest BCUT2D eigenvalue weighted by atomic mass is 32.1. The molecule has 0 amide bonds. The van der Waals surface area contributed by atoms with Crippen molar-refractivity contribution < 1.29 is 4.39 Å². The molecule has 2 nitrogen and oxygen atoms in total. The lowest BCUT2D eigenvalue weighted by Gasteiger charge is -2.17. The Labute approximate surface area is 130 Å². The maximum atomic E-state index is 12.9. The first-order valence-corrected chi connectivity index (χ1v) is 7.40. The van der Waals surface area contributed by atoms with Crippen LogP contribution in [0.15, 0.2) is 54.6 Å². The molecule has 110 valence electrons. The molecular formula is C17H19FN2S. The van der Waals surface area contributed by atoms with Crippen molar-refractivity contribution in [3.05, 3.63) is 71.5 Å². The number of thiocarbonyl (C=S) groups is 1. The number of hydrogen-bond donors (Lipinski definition) is 2. The molecule has 0 aliphatic heterocycles. The molecular weight excluding hydrogens is 283 g/mol. The van der Waals surface area contributed by atoms with Crippen molar-refractivity contribution in [2.75, 3.05) is 6.54 Å². The number of rotatable bonds is 5. The predicted molar refractivity (Wildman–Crippen MR) is 88.7 cm³/mol. The van der Waals surface area contributed by atoms with Crippen molar-refractivity contribution in [1.29, 1.82) is 0 Å². The van der Waals surface area contributed by atoms with Crippen LogP contribution in [0.5, 0.6) is 0 Å². The van der Waals surface area contributed by atoms with Gasteiger partial charge in [0.05, 0.1) is 6.04 Å². The van der Waals surface area contributed by atoms with Gasteiger partial charge < -0.3 is 10.6 Å². The Bertz CT molecular complexity index is 569. The number of halogens is 1. The summed E-state index contributed by atoms with van der Waals surface area (Å²) in [6, 6.07) is 16.7. The van der Waals surface area contributed by atoms with Crippen molar-refractivity contribution in [3.8, 4) is 0 Å². The molecule has 2 N–H and O–H groups in total. The van der Waals surface area contributed by atoms with Crippen LogP contribution in [0.25, 0.3) is 0 Å². The van der Waals surface area contributed by atoms with Gasteiger partial charge in [-0.25, -0.2) is 4.39 Å². The van der Waals surface area contributed by atoms with E-state index in [-0.39, 0.29) is 11.9 Å². The fourth-order valence-electron chi connectivity index (χ4n) is 2.05. The van der Waals surface area contributed by atoms with E-state index in [0.29, 0.717) is 5.11 Å². The number of hydrogen-bond acceptors (Lipinski definition) is 1. The van der Waals surface area contributed by atoms with Crippen LogP contribution in [-0.2, 0) is 6.42 Å². The van der Waals surface area contributed by atoms with E-state index in [1.165, 1.54) is 17.7 Å². The minimum Gasteiger partial charge on any atom is -0.362 e. The van der Waals surface area contributed by atoms with Crippen LogP contribution in [0.2, 0.25) is 0 Å². The third kappa shape index (κ3) is 5.16. The highest BCUT2D eigenvalue weighted by molar-refractivity contribution is 7.80. The fraction of sp³-hybridized carbons (Fsp3) is 0.235. The Kier molecular flexibility index (Phi) is 5.69. The third-order valence-corrected chi connectivity index (χ3v) is 3.52. The Morgan fingerprint density at radius 1 is 1.10 bits per heavy atom. The van der Waals surface area contributed by atoms with Gasteiger partial charge in [0.1, 0.15) is 5.82 Å². The second kappa shape index (κ2) is 7.74. The lowest BCUT2D eigenvalue weighted by atomic mass is 10.1. The van der Waals surface area contributed by atoms with Crippen LogP contribution in [0, 0.1) is 5.82 Å². The number of nitrogens with one attached hydrogen (secondary N) is 2. The Morgan fingerprint density at radius 2 is 1.76 bits per heavy atom. The van der Waals surface area contributed by atoms with Gasteiger partial charge in [0.15, 0.2) is 5.11 Å². The van der Waals surface area contributed by atoms with Gasteiger partial charge in [-0.15, -0.1) is 0 Å². The molecule has 2 aromatic rings. The second-order valence-corrected chi connectivity index (χ2v) is 5.32. The van der Waals surface area contributed by atoms with E-state index in [4.69, 9.17) is 12.2 Å². The highest BCUT2D eigenvalue weighted by Gasteiger charge is 2.06. The quantitative estimate of drug-likeness (QED) is 0.825. The smallest absolute Gasteiger partial charge is 0.166 e. The summed E-state index contributed by atoms with van der Waals surface area (Å²) < 4.78 is 12.9. The van der Waals surface area contributed by atoms with Crippen LogP contribution in [0.4, 0.5) is 4.39 Å². The second-order valence-electron chi connectivity index (χ2n) is 4.91. The summed E-state index contributed by atoms with van der Waals surface area (Å²) in [4.78, 5) is 0. The predicted octanol–water partition coefficient (Wildman–Crippen LogP) is 3.59. The largest absolute Gasteiger partial charge is 0.362 e. The van der Waals surface area contributed by atoms with Crippen LogP contribution >= 0.6 is 12.2 Å². The van der Waals surface area contributed by atoms with E-state index in [2.05, 4.69) is 22.8 Å². The SMILES string of the molecule is C[C@H](NC(=S)NCCc1ccccc1)c1ccc(F)cc1. The summed E-state index contributed by atoms with van der Waals surface area (Å²) in [5, 5.41) is 7.00. The molecule has 21 heavy (non-hydrogen) atoms. The van der Waals surface area contributed by atoms with Gasteiger partial charge >= 0.3 is 0 Å². The molecule has 0 aromatic heterocycles. The summed E-state index contributed by atoms with van der Waals surface area (Å²) >= 11 is 5.28. The molecule has 2 rings (SSSR count). The van der Waals surface area contributed by atoms with Crippen LogP contribution in [0.3, 0.4) is 0 Å². The average molecular weight is 302 g/mol. The van der Waals surface area contributed by atoms with Crippen molar-refractivity contribution in [2.45, 2.75) is 19.4 Å². The first kappa shape index (κ1) is 15.4. The van der Waals surface area contributed by atoms with E-state index in [1.54, 1.807) is 12.1 Å². The molecule has 2 aromatic carbocycles. The molecule has 0 unspecified atom stereocenters. The molecule has 0 radical (unpaired) electrons. The van der Waals surface area contributed by atoms with Crippen molar-refractivity contribution >= 4 is 17.3 Å². The zero-order chi connectivity index (χ0) is 15.1. The van der Waals surface area contributed by atoms with Gasteiger partial charge in [-0.1, -0.05) is 42.5 Å². The molecule has 0 aliphatic carbocycles.